The van der Waals surface area contributed by atoms with Gasteiger partial charge in [0.1, 0.15) is 11.5 Å². The monoisotopic (exact) mass is 304 g/mol. The number of carbonyl (C=O) groups is 1. The van der Waals surface area contributed by atoms with Gasteiger partial charge in [-0.25, -0.2) is 0 Å². The van der Waals surface area contributed by atoms with Crippen molar-refractivity contribution in [2.45, 2.75) is 0 Å². The number of rotatable bonds is 4. The van der Waals surface area contributed by atoms with Gasteiger partial charge in [-0.15, -0.1) is 0 Å². The molecule has 0 radical (unpaired) electrons. The number of nitrogen functional groups attached to an aromatic ring is 1. The van der Waals surface area contributed by atoms with E-state index in [1.165, 1.54) is 0 Å². The number of hydrogen-bond donors (Lipinski definition) is 2. The van der Waals surface area contributed by atoms with Crippen LogP contribution in [-0.4, -0.2) is 5.91 Å². The van der Waals surface area contributed by atoms with Crippen LogP contribution < -0.4 is 15.8 Å². The molecule has 0 aliphatic heterocycles. The normalized spacial score (nSPS) is 10.1. The van der Waals surface area contributed by atoms with Gasteiger partial charge in [-0.3, -0.25) is 4.79 Å². The van der Waals surface area contributed by atoms with Gasteiger partial charge < -0.3 is 15.8 Å². The summed E-state index contributed by atoms with van der Waals surface area (Å²) in [6, 6.07) is 23.7. The molecule has 0 spiro atoms. The first-order valence-electron chi connectivity index (χ1n) is 7.21. The van der Waals surface area contributed by atoms with E-state index in [4.69, 9.17) is 10.5 Å². The lowest BCUT2D eigenvalue weighted by molar-refractivity contribution is 0.102. The molecular weight excluding hydrogens is 288 g/mol. The summed E-state index contributed by atoms with van der Waals surface area (Å²) in [5.41, 5.74) is 7.41. The van der Waals surface area contributed by atoms with Gasteiger partial charge in [-0.1, -0.05) is 36.4 Å². The van der Waals surface area contributed by atoms with Crippen molar-refractivity contribution in [3.8, 4) is 11.5 Å². The number of para-hydroxylation sites is 2. The fraction of sp³-hybridized carbons (Fsp3) is 0. The number of hydrogen-bond acceptors (Lipinski definition) is 3. The average Bonchev–Trinajstić information content (AvgIpc) is 2.58. The van der Waals surface area contributed by atoms with Crippen LogP contribution in [0.4, 0.5) is 11.4 Å². The lowest BCUT2D eigenvalue weighted by atomic mass is 10.1. The third kappa shape index (κ3) is 3.68. The second-order valence-electron chi connectivity index (χ2n) is 4.98. The van der Waals surface area contributed by atoms with Crippen LogP contribution in [0.1, 0.15) is 10.4 Å². The van der Waals surface area contributed by atoms with Gasteiger partial charge in [0.2, 0.25) is 0 Å². The van der Waals surface area contributed by atoms with Crippen molar-refractivity contribution >= 4 is 17.3 Å². The van der Waals surface area contributed by atoms with Crippen molar-refractivity contribution in [1.29, 1.82) is 0 Å². The van der Waals surface area contributed by atoms with Gasteiger partial charge in [-0.05, 0) is 42.5 Å². The molecule has 1 amide bonds. The lowest BCUT2D eigenvalue weighted by Crippen LogP contribution is -2.14. The molecule has 0 aliphatic carbocycles. The molecule has 0 atom stereocenters. The molecule has 3 rings (SSSR count). The highest BCUT2D eigenvalue weighted by Gasteiger charge is 2.12. The summed E-state index contributed by atoms with van der Waals surface area (Å²) < 4.78 is 5.74. The number of nitrogens with two attached hydrogens (primary N) is 1. The van der Waals surface area contributed by atoms with E-state index in [0.717, 1.165) is 0 Å². The first-order chi connectivity index (χ1) is 11.2. The summed E-state index contributed by atoms with van der Waals surface area (Å²) in [5, 5.41) is 2.82. The SMILES string of the molecule is Nc1ccc(Oc2ccccc2)cc1C(=O)Nc1ccccc1. The van der Waals surface area contributed by atoms with Crippen molar-refractivity contribution in [3.05, 3.63) is 84.4 Å². The molecule has 114 valence electrons. The number of benzene rings is 3. The minimum atomic E-state index is -0.271. The fourth-order valence-corrected chi connectivity index (χ4v) is 2.14. The largest absolute Gasteiger partial charge is 0.457 e. The Kier molecular flexibility index (Phi) is 4.25. The standard InChI is InChI=1S/C19H16N2O2/c20-18-12-11-16(23-15-9-5-2-6-10-15)13-17(18)19(22)21-14-7-3-1-4-8-14/h1-13H,20H2,(H,21,22). The maximum absolute atomic E-state index is 12.4. The van der Waals surface area contributed by atoms with Crippen LogP contribution in [0.2, 0.25) is 0 Å². The molecule has 3 aromatic rings. The van der Waals surface area contributed by atoms with Crippen LogP contribution in [0.3, 0.4) is 0 Å². The van der Waals surface area contributed by atoms with Gasteiger partial charge in [0.05, 0.1) is 5.56 Å². The quantitative estimate of drug-likeness (QED) is 0.706. The predicted octanol–water partition coefficient (Wildman–Crippen LogP) is 4.31. The maximum Gasteiger partial charge on any atom is 0.257 e. The van der Waals surface area contributed by atoms with E-state index < -0.39 is 0 Å². The zero-order valence-corrected chi connectivity index (χ0v) is 12.4. The summed E-state index contributed by atoms with van der Waals surface area (Å²) in [5.74, 6) is 0.988. The molecule has 0 fully saturated rings. The molecule has 0 heterocycles. The molecule has 23 heavy (non-hydrogen) atoms. The average molecular weight is 304 g/mol. The summed E-state index contributed by atoms with van der Waals surface area (Å²) in [4.78, 5) is 12.4. The Labute approximate surface area is 134 Å². The van der Waals surface area contributed by atoms with Crippen LogP contribution in [-0.2, 0) is 0 Å². The Bertz CT molecular complexity index is 802. The predicted molar refractivity (Wildman–Crippen MR) is 91.8 cm³/mol. The molecule has 0 unspecified atom stereocenters. The van der Waals surface area contributed by atoms with Gasteiger partial charge in [0.25, 0.3) is 5.91 Å². The van der Waals surface area contributed by atoms with Crippen LogP contribution in [0.5, 0.6) is 11.5 Å². The summed E-state index contributed by atoms with van der Waals surface area (Å²) >= 11 is 0. The lowest BCUT2D eigenvalue weighted by Gasteiger charge is -2.10. The fourth-order valence-electron chi connectivity index (χ4n) is 2.14. The molecular formula is C19H16N2O2. The van der Waals surface area contributed by atoms with E-state index in [2.05, 4.69) is 5.32 Å². The van der Waals surface area contributed by atoms with Crippen molar-refractivity contribution in [2.24, 2.45) is 0 Å². The zero-order valence-electron chi connectivity index (χ0n) is 12.4. The Morgan fingerprint density at radius 2 is 1.48 bits per heavy atom. The topological polar surface area (TPSA) is 64.3 Å². The van der Waals surface area contributed by atoms with Crippen LogP contribution >= 0.6 is 0 Å². The summed E-state index contributed by atoms with van der Waals surface area (Å²) in [6.45, 7) is 0. The second kappa shape index (κ2) is 6.66. The Hall–Kier alpha value is -3.27. The number of nitrogens with one attached hydrogen (secondary N) is 1. The van der Waals surface area contributed by atoms with Crippen LogP contribution in [0, 0.1) is 0 Å². The van der Waals surface area contributed by atoms with Crippen molar-refractivity contribution in [1.82, 2.24) is 0 Å². The Morgan fingerprint density at radius 3 is 2.17 bits per heavy atom. The molecule has 3 aromatic carbocycles. The number of carbonyl (C=O) groups excluding carboxylic acids is 1. The smallest absolute Gasteiger partial charge is 0.257 e. The van der Waals surface area contributed by atoms with Gasteiger partial charge in [0.15, 0.2) is 0 Å². The third-order valence-electron chi connectivity index (χ3n) is 3.28. The first kappa shape index (κ1) is 14.7. The summed E-state index contributed by atoms with van der Waals surface area (Å²) in [6.07, 6.45) is 0. The zero-order chi connectivity index (χ0) is 16.1. The number of ether oxygens (including phenoxy) is 1. The highest BCUT2D eigenvalue weighted by Crippen LogP contribution is 2.25. The summed E-state index contributed by atoms with van der Waals surface area (Å²) in [7, 11) is 0. The van der Waals surface area contributed by atoms with E-state index in [0.29, 0.717) is 28.4 Å². The van der Waals surface area contributed by atoms with E-state index >= 15 is 0 Å². The molecule has 4 heteroatoms. The maximum atomic E-state index is 12.4. The molecule has 3 N–H and O–H groups in total. The minimum absolute atomic E-state index is 0.271. The van der Waals surface area contributed by atoms with Crippen LogP contribution in [0.15, 0.2) is 78.9 Å². The third-order valence-corrected chi connectivity index (χ3v) is 3.28. The van der Waals surface area contributed by atoms with Crippen molar-refractivity contribution in [3.63, 3.8) is 0 Å². The minimum Gasteiger partial charge on any atom is -0.457 e. The highest BCUT2D eigenvalue weighted by atomic mass is 16.5. The van der Waals surface area contributed by atoms with E-state index in [1.807, 2.05) is 60.7 Å². The first-order valence-corrected chi connectivity index (χ1v) is 7.21. The molecule has 0 aliphatic rings. The molecule has 0 saturated carbocycles. The van der Waals surface area contributed by atoms with Gasteiger partial charge in [0, 0.05) is 11.4 Å². The van der Waals surface area contributed by atoms with Gasteiger partial charge >= 0.3 is 0 Å². The molecule has 4 nitrogen and oxygen atoms in total. The number of amides is 1. The number of anilines is 2. The molecule has 0 aromatic heterocycles. The molecule has 0 bridgehead atoms. The Balaban J connectivity index is 1.81. The second-order valence-corrected chi connectivity index (χ2v) is 4.98. The van der Waals surface area contributed by atoms with Gasteiger partial charge in [-0.2, -0.15) is 0 Å². The van der Waals surface area contributed by atoms with E-state index in [-0.39, 0.29) is 5.91 Å². The van der Waals surface area contributed by atoms with Crippen LogP contribution in [0.25, 0.3) is 0 Å². The van der Waals surface area contributed by atoms with E-state index in [1.54, 1.807) is 18.2 Å². The Morgan fingerprint density at radius 1 is 0.826 bits per heavy atom. The van der Waals surface area contributed by atoms with E-state index in [9.17, 15) is 4.79 Å². The van der Waals surface area contributed by atoms with Crippen molar-refractivity contribution < 1.29 is 9.53 Å². The molecule has 0 saturated heterocycles. The van der Waals surface area contributed by atoms with Crippen molar-refractivity contribution in [2.75, 3.05) is 11.1 Å². The highest BCUT2D eigenvalue weighted by molar-refractivity contribution is 6.08.